The van der Waals surface area contributed by atoms with Gasteiger partial charge in [0, 0.05) is 25.1 Å². The molecule has 1 saturated carbocycles. The van der Waals surface area contributed by atoms with E-state index in [1.165, 1.54) is 19.3 Å². The average Bonchev–Trinajstić information content (AvgIpc) is 2.68. The molecule has 1 aliphatic carbocycles. The van der Waals surface area contributed by atoms with Gasteiger partial charge in [0.05, 0.1) is 5.57 Å². The number of allylic oxidation sites excluding steroid dienone is 2. The van der Waals surface area contributed by atoms with E-state index in [0.29, 0.717) is 18.4 Å². The molecular formula is C24H29NO2. The minimum absolute atomic E-state index is 0.0336. The number of aliphatic hydroxyl groups excluding tert-OH is 1. The second-order valence-electron chi connectivity index (χ2n) is 7.30. The van der Waals surface area contributed by atoms with Gasteiger partial charge in [0.15, 0.2) is 5.78 Å². The van der Waals surface area contributed by atoms with Crippen molar-refractivity contribution in [1.29, 1.82) is 0 Å². The first kappa shape index (κ1) is 19.3. The molecule has 3 rings (SSSR count). The number of nitrogens with zero attached hydrogens (tertiary/aromatic N) is 1. The molecule has 0 amide bonds. The zero-order valence-electron chi connectivity index (χ0n) is 16.2. The van der Waals surface area contributed by atoms with Crippen LogP contribution in [0.25, 0.3) is 10.8 Å². The van der Waals surface area contributed by atoms with Crippen molar-refractivity contribution in [2.24, 2.45) is 4.99 Å². The molecule has 0 atom stereocenters. The van der Waals surface area contributed by atoms with Gasteiger partial charge in [-0.3, -0.25) is 9.79 Å². The van der Waals surface area contributed by atoms with Crippen LogP contribution in [0.4, 0.5) is 0 Å². The monoisotopic (exact) mass is 363 g/mol. The highest BCUT2D eigenvalue weighted by atomic mass is 16.3. The number of ketones is 1. The smallest absolute Gasteiger partial charge is 0.168 e. The molecule has 0 saturated heterocycles. The highest BCUT2D eigenvalue weighted by molar-refractivity contribution is 6.24. The lowest BCUT2D eigenvalue weighted by Gasteiger charge is -2.18. The fourth-order valence-electron chi connectivity index (χ4n) is 3.78. The molecule has 142 valence electrons. The molecule has 0 aliphatic heterocycles. The SMILES string of the molecule is CCCCCCN=C1CCCC(=O)C1=C(O)Cc1cccc2ccccc12. The van der Waals surface area contributed by atoms with Crippen LogP contribution in [0.3, 0.4) is 0 Å². The summed E-state index contributed by atoms with van der Waals surface area (Å²) in [6.45, 7) is 2.94. The van der Waals surface area contributed by atoms with Crippen molar-refractivity contribution in [2.75, 3.05) is 6.54 Å². The van der Waals surface area contributed by atoms with Gasteiger partial charge in [0.25, 0.3) is 0 Å². The summed E-state index contributed by atoms with van der Waals surface area (Å²) in [7, 11) is 0. The fraction of sp³-hybridized carbons (Fsp3) is 0.417. The average molecular weight is 364 g/mol. The first-order chi connectivity index (χ1) is 13.2. The molecular weight excluding hydrogens is 334 g/mol. The maximum absolute atomic E-state index is 12.5. The van der Waals surface area contributed by atoms with Crippen molar-refractivity contribution in [3.8, 4) is 0 Å². The van der Waals surface area contributed by atoms with E-state index < -0.39 is 0 Å². The quantitative estimate of drug-likeness (QED) is 0.374. The van der Waals surface area contributed by atoms with E-state index in [9.17, 15) is 9.90 Å². The standard InChI is InChI=1S/C24H29NO2/c1-2-3-4-7-16-25-21-14-9-15-22(26)24(21)23(27)17-19-12-8-11-18-10-5-6-13-20(18)19/h5-6,8,10-13,27H,2-4,7,9,14-17H2,1H3. The third-order valence-electron chi connectivity index (χ3n) is 5.23. The van der Waals surface area contributed by atoms with E-state index in [1.807, 2.05) is 24.3 Å². The third kappa shape index (κ3) is 4.85. The van der Waals surface area contributed by atoms with Crippen molar-refractivity contribution in [1.82, 2.24) is 0 Å². The van der Waals surface area contributed by atoms with Gasteiger partial charge in [-0.05, 0) is 35.6 Å². The Morgan fingerprint density at radius 1 is 1.04 bits per heavy atom. The largest absolute Gasteiger partial charge is 0.511 e. The Balaban J connectivity index is 1.85. The maximum atomic E-state index is 12.5. The molecule has 2 aromatic rings. The second-order valence-corrected chi connectivity index (χ2v) is 7.30. The Morgan fingerprint density at radius 2 is 1.85 bits per heavy atom. The summed E-state index contributed by atoms with van der Waals surface area (Å²) in [6, 6.07) is 14.2. The Kier molecular flexibility index (Phi) is 6.80. The fourth-order valence-corrected chi connectivity index (χ4v) is 3.78. The molecule has 3 nitrogen and oxygen atoms in total. The molecule has 0 unspecified atom stereocenters. The second kappa shape index (κ2) is 9.50. The van der Waals surface area contributed by atoms with Gasteiger partial charge in [-0.2, -0.15) is 0 Å². The summed E-state index contributed by atoms with van der Waals surface area (Å²) in [5.74, 6) is 0.203. The predicted molar refractivity (Wildman–Crippen MR) is 113 cm³/mol. The van der Waals surface area contributed by atoms with Gasteiger partial charge >= 0.3 is 0 Å². The van der Waals surface area contributed by atoms with Gasteiger partial charge in [-0.1, -0.05) is 68.7 Å². The summed E-state index contributed by atoms with van der Waals surface area (Å²) < 4.78 is 0. The number of benzene rings is 2. The Labute approximate surface area is 161 Å². The maximum Gasteiger partial charge on any atom is 0.168 e. The van der Waals surface area contributed by atoms with Gasteiger partial charge in [0.2, 0.25) is 0 Å². The molecule has 0 radical (unpaired) electrons. The van der Waals surface area contributed by atoms with Crippen molar-refractivity contribution in [3.05, 3.63) is 59.4 Å². The van der Waals surface area contributed by atoms with Gasteiger partial charge < -0.3 is 5.11 Å². The number of Topliss-reactive ketones (excluding diaryl/α,β-unsaturated/α-hetero) is 1. The van der Waals surface area contributed by atoms with Crippen LogP contribution in [0.15, 0.2) is 58.8 Å². The molecule has 0 heterocycles. The first-order valence-corrected chi connectivity index (χ1v) is 10.2. The molecule has 1 aliphatic rings. The van der Waals surface area contributed by atoms with E-state index in [1.54, 1.807) is 0 Å². The van der Waals surface area contributed by atoms with Crippen molar-refractivity contribution in [2.45, 2.75) is 58.3 Å². The van der Waals surface area contributed by atoms with E-state index in [4.69, 9.17) is 0 Å². The molecule has 2 aromatic carbocycles. The lowest BCUT2D eigenvalue weighted by atomic mass is 9.88. The van der Waals surface area contributed by atoms with Crippen LogP contribution < -0.4 is 0 Å². The predicted octanol–water partition coefficient (Wildman–Crippen LogP) is 5.97. The van der Waals surface area contributed by atoms with Crippen LogP contribution in [0.5, 0.6) is 0 Å². The first-order valence-electron chi connectivity index (χ1n) is 10.2. The van der Waals surface area contributed by atoms with Crippen LogP contribution in [-0.4, -0.2) is 23.1 Å². The van der Waals surface area contributed by atoms with E-state index >= 15 is 0 Å². The van der Waals surface area contributed by atoms with E-state index in [0.717, 1.165) is 47.9 Å². The lowest BCUT2D eigenvalue weighted by Crippen LogP contribution is -2.22. The van der Waals surface area contributed by atoms with Gasteiger partial charge in [-0.15, -0.1) is 0 Å². The number of fused-ring (bicyclic) bond motifs is 1. The minimum atomic E-state index is 0.0336. The lowest BCUT2D eigenvalue weighted by molar-refractivity contribution is -0.115. The van der Waals surface area contributed by atoms with E-state index in [-0.39, 0.29) is 11.5 Å². The van der Waals surface area contributed by atoms with Crippen LogP contribution in [0.1, 0.15) is 57.4 Å². The number of hydrogen-bond donors (Lipinski definition) is 1. The van der Waals surface area contributed by atoms with Gasteiger partial charge in [-0.25, -0.2) is 0 Å². The van der Waals surface area contributed by atoms with Gasteiger partial charge in [0.1, 0.15) is 5.76 Å². The summed E-state index contributed by atoms with van der Waals surface area (Å²) in [4.78, 5) is 17.2. The Hall–Kier alpha value is -2.42. The molecule has 0 aromatic heterocycles. The van der Waals surface area contributed by atoms with Crippen LogP contribution in [0, 0.1) is 0 Å². The number of aliphatic hydroxyl groups is 1. The highest BCUT2D eigenvalue weighted by Crippen LogP contribution is 2.25. The Morgan fingerprint density at radius 3 is 2.70 bits per heavy atom. The number of rotatable bonds is 7. The van der Waals surface area contributed by atoms with Crippen LogP contribution in [0.2, 0.25) is 0 Å². The number of unbranched alkanes of at least 4 members (excludes halogenated alkanes) is 3. The zero-order valence-corrected chi connectivity index (χ0v) is 16.2. The summed E-state index contributed by atoms with van der Waals surface area (Å²) in [6.07, 6.45) is 7.13. The van der Waals surface area contributed by atoms with E-state index in [2.05, 4.69) is 30.1 Å². The highest BCUT2D eigenvalue weighted by Gasteiger charge is 2.25. The number of carbonyl (C=O) groups excluding carboxylic acids is 1. The summed E-state index contributed by atoms with van der Waals surface area (Å²) in [5, 5.41) is 13.1. The Bertz CT molecular complexity index is 858. The topological polar surface area (TPSA) is 49.7 Å². The molecule has 3 heteroatoms. The van der Waals surface area contributed by atoms with Crippen molar-refractivity contribution < 1.29 is 9.90 Å². The minimum Gasteiger partial charge on any atom is -0.511 e. The van der Waals surface area contributed by atoms with Crippen molar-refractivity contribution in [3.63, 3.8) is 0 Å². The number of hydrogen-bond acceptors (Lipinski definition) is 3. The third-order valence-corrected chi connectivity index (χ3v) is 5.23. The summed E-state index contributed by atoms with van der Waals surface area (Å²) >= 11 is 0. The molecule has 27 heavy (non-hydrogen) atoms. The summed E-state index contributed by atoms with van der Waals surface area (Å²) in [5.41, 5.74) is 2.32. The molecule has 1 fully saturated rings. The molecule has 0 spiro atoms. The number of aliphatic imine (C=N–C) groups is 1. The van der Waals surface area contributed by atoms with Crippen molar-refractivity contribution >= 4 is 22.3 Å². The zero-order chi connectivity index (χ0) is 19.1. The molecule has 0 bridgehead atoms. The van der Waals surface area contributed by atoms with Crippen LogP contribution >= 0.6 is 0 Å². The van der Waals surface area contributed by atoms with Crippen LogP contribution in [-0.2, 0) is 11.2 Å². The number of carbonyl (C=O) groups is 1. The normalized spacial score (nSPS) is 18.3. The molecule has 1 N–H and O–H groups in total.